The number of halogens is 4. The Balaban J connectivity index is 2.12. The molecule has 0 bridgehead atoms. The van der Waals surface area contributed by atoms with E-state index in [2.05, 4.69) is 15.9 Å². The molecule has 92 valence electrons. The molecule has 0 amide bonds. The van der Waals surface area contributed by atoms with Crippen LogP contribution in [0.3, 0.4) is 0 Å². The summed E-state index contributed by atoms with van der Waals surface area (Å²) in [6.45, 7) is 0. The number of hydrogen-bond donors (Lipinski definition) is 0. The summed E-state index contributed by atoms with van der Waals surface area (Å²) >= 11 is 21.2. The Kier molecular flexibility index (Phi) is 3.10. The van der Waals surface area contributed by atoms with Crippen LogP contribution in [0.4, 0.5) is 0 Å². The van der Waals surface area contributed by atoms with Crippen LogP contribution < -0.4 is 9.47 Å². The van der Waals surface area contributed by atoms with E-state index in [9.17, 15) is 0 Å². The molecule has 0 unspecified atom stereocenters. The first-order chi connectivity index (χ1) is 8.54. The molecule has 0 saturated heterocycles. The normalized spacial score (nSPS) is 12.2. The molecular formula is C12H4BrCl3O2. The van der Waals surface area contributed by atoms with E-state index in [1.165, 1.54) is 0 Å². The maximum atomic E-state index is 6.00. The van der Waals surface area contributed by atoms with Crippen molar-refractivity contribution in [3.63, 3.8) is 0 Å². The Labute approximate surface area is 126 Å². The third kappa shape index (κ3) is 2.05. The van der Waals surface area contributed by atoms with Crippen molar-refractivity contribution in [3.8, 4) is 23.0 Å². The molecule has 1 heterocycles. The molecule has 18 heavy (non-hydrogen) atoms. The standard InChI is InChI=1S/C12H4BrCl3O2/c13-5-1-9-10(2-6(5)14)18-12-4-8(16)7(15)3-11(12)17-9/h1-4H. The first kappa shape index (κ1) is 12.4. The van der Waals surface area contributed by atoms with Crippen LogP contribution in [0.5, 0.6) is 23.0 Å². The Morgan fingerprint density at radius 3 is 1.56 bits per heavy atom. The summed E-state index contributed by atoms with van der Waals surface area (Å²) in [6.07, 6.45) is 0. The van der Waals surface area contributed by atoms with Gasteiger partial charge < -0.3 is 9.47 Å². The van der Waals surface area contributed by atoms with Crippen molar-refractivity contribution in [1.82, 2.24) is 0 Å². The van der Waals surface area contributed by atoms with E-state index in [1.54, 1.807) is 24.3 Å². The first-order valence-corrected chi connectivity index (χ1v) is 6.81. The average molecular weight is 366 g/mol. The summed E-state index contributed by atoms with van der Waals surface area (Å²) in [7, 11) is 0. The van der Waals surface area contributed by atoms with Gasteiger partial charge in [0.05, 0.1) is 15.1 Å². The molecule has 0 N–H and O–H groups in total. The van der Waals surface area contributed by atoms with Gasteiger partial charge in [-0.1, -0.05) is 34.8 Å². The van der Waals surface area contributed by atoms with E-state index in [0.29, 0.717) is 38.1 Å². The van der Waals surface area contributed by atoms with Crippen LogP contribution in [-0.4, -0.2) is 0 Å². The van der Waals surface area contributed by atoms with Crippen molar-refractivity contribution in [2.24, 2.45) is 0 Å². The topological polar surface area (TPSA) is 18.5 Å². The number of fused-ring (bicyclic) bond motifs is 2. The molecule has 3 rings (SSSR count). The zero-order chi connectivity index (χ0) is 12.9. The van der Waals surface area contributed by atoms with Crippen molar-refractivity contribution in [3.05, 3.63) is 43.8 Å². The van der Waals surface area contributed by atoms with Crippen molar-refractivity contribution >= 4 is 50.7 Å². The highest BCUT2D eigenvalue weighted by molar-refractivity contribution is 9.10. The largest absolute Gasteiger partial charge is 0.449 e. The van der Waals surface area contributed by atoms with E-state index in [1.807, 2.05) is 0 Å². The predicted molar refractivity (Wildman–Crippen MR) is 75.8 cm³/mol. The molecule has 0 radical (unpaired) electrons. The average Bonchev–Trinajstić information content (AvgIpc) is 2.31. The highest BCUT2D eigenvalue weighted by Crippen LogP contribution is 2.49. The maximum Gasteiger partial charge on any atom is 0.171 e. The highest BCUT2D eigenvalue weighted by Gasteiger charge is 2.21. The molecule has 2 nitrogen and oxygen atoms in total. The van der Waals surface area contributed by atoms with Crippen LogP contribution in [0.2, 0.25) is 15.1 Å². The molecule has 2 aromatic rings. The Morgan fingerprint density at radius 2 is 1.06 bits per heavy atom. The molecule has 0 fully saturated rings. The Bertz CT molecular complexity index is 547. The van der Waals surface area contributed by atoms with Gasteiger partial charge in [0.25, 0.3) is 0 Å². The van der Waals surface area contributed by atoms with E-state index >= 15 is 0 Å². The number of hydrogen-bond acceptors (Lipinski definition) is 2. The molecular weight excluding hydrogens is 362 g/mol. The molecule has 0 spiro atoms. The van der Waals surface area contributed by atoms with Crippen molar-refractivity contribution in [2.45, 2.75) is 0 Å². The summed E-state index contributed by atoms with van der Waals surface area (Å²) in [5.41, 5.74) is 0. The molecule has 0 saturated carbocycles. The summed E-state index contributed by atoms with van der Waals surface area (Å²) in [4.78, 5) is 0. The van der Waals surface area contributed by atoms with E-state index in [-0.39, 0.29) is 0 Å². The van der Waals surface area contributed by atoms with Gasteiger partial charge in [-0.2, -0.15) is 0 Å². The third-order valence-corrected chi connectivity index (χ3v) is 4.33. The van der Waals surface area contributed by atoms with Crippen LogP contribution in [0.1, 0.15) is 0 Å². The zero-order valence-corrected chi connectivity index (χ0v) is 12.5. The number of ether oxygens (including phenoxy) is 2. The van der Waals surface area contributed by atoms with Gasteiger partial charge in [0.1, 0.15) is 0 Å². The van der Waals surface area contributed by atoms with Gasteiger partial charge in [-0.25, -0.2) is 0 Å². The van der Waals surface area contributed by atoms with Crippen molar-refractivity contribution in [2.75, 3.05) is 0 Å². The minimum absolute atomic E-state index is 0.408. The number of benzene rings is 2. The summed E-state index contributed by atoms with van der Waals surface area (Å²) in [6, 6.07) is 6.64. The maximum absolute atomic E-state index is 6.00. The van der Waals surface area contributed by atoms with Gasteiger partial charge >= 0.3 is 0 Å². The highest BCUT2D eigenvalue weighted by atomic mass is 79.9. The lowest BCUT2D eigenvalue weighted by Crippen LogP contribution is -1.99. The summed E-state index contributed by atoms with van der Waals surface area (Å²) < 4.78 is 12.1. The summed E-state index contributed by atoms with van der Waals surface area (Å²) in [5.74, 6) is 2.13. The van der Waals surface area contributed by atoms with Gasteiger partial charge in [0, 0.05) is 28.7 Å². The SMILES string of the molecule is Clc1cc2c(cc1Cl)Oc1cc(Br)c(Cl)cc1O2. The van der Waals surface area contributed by atoms with Gasteiger partial charge in [-0.15, -0.1) is 0 Å². The minimum Gasteiger partial charge on any atom is -0.449 e. The lowest BCUT2D eigenvalue weighted by molar-refractivity contribution is 0.359. The molecule has 6 heteroatoms. The van der Waals surface area contributed by atoms with Crippen LogP contribution in [0.15, 0.2) is 28.7 Å². The minimum atomic E-state index is 0.408. The fraction of sp³-hybridized carbons (Fsp3) is 0. The second-order valence-corrected chi connectivity index (χ2v) is 5.71. The Hall–Kier alpha value is -0.610. The molecule has 0 atom stereocenters. The van der Waals surface area contributed by atoms with Crippen molar-refractivity contribution < 1.29 is 9.47 Å². The molecule has 1 aliphatic heterocycles. The van der Waals surface area contributed by atoms with Crippen LogP contribution in [0, 0.1) is 0 Å². The van der Waals surface area contributed by atoms with Gasteiger partial charge in [0.15, 0.2) is 23.0 Å². The van der Waals surface area contributed by atoms with Crippen LogP contribution >= 0.6 is 50.7 Å². The van der Waals surface area contributed by atoms with Crippen molar-refractivity contribution in [1.29, 1.82) is 0 Å². The molecule has 1 aliphatic rings. The molecule has 0 aliphatic carbocycles. The predicted octanol–water partition coefficient (Wildman–Crippen LogP) is 6.31. The fourth-order valence-electron chi connectivity index (χ4n) is 1.58. The van der Waals surface area contributed by atoms with E-state index in [4.69, 9.17) is 44.3 Å². The fourth-order valence-corrected chi connectivity index (χ4v) is 2.36. The van der Waals surface area contributed by atoms with E-state index in [0.717, 1.165) is 4.47 Å². The molecule has 2 aromatic carbocycles. The monoisotopic (exact) mass is 364 g/mol. The lowest BCUT2D eigenvalue weighted by Gasteiger charge is -2.21. The van der Waals surface area contributed by atoms with Crippen LogP contribution in [0.25, 0.3) is 0 Å². The van der Waals surface area contributed by atoms with Gasteiger partial charge in [0.2, 0.25) is 0 Å². The second kappa shape index (κ2) is 4.49. The third-order valence-electron chi connectivity index (χ3n) is 2.41. The lowest BCUT2D eigenvalue weighted by atomic mass is 10.2. The van der Waals surface area contributed by atoms with Gasteiger partial charge in [-0.05, 0) is 15.9 Å². The number of rotatable bonds is 0. The first-order valence-electron chi connectivity index (χ1n) is 4.88. The van der Waals surface area contributed by atoms with Gasteiger partial charge in [-0.3, -0.25) is 0 Å². The van der Waals surface area contributed by atoms with Crippen LogP contribution in [-0.2, 0) is 0 Å². The Morgan fingerprint density at radius 1 is 0.667 bits per heavy atom. The summed E-state index contributed by atoms with van der Waals surface area (Å²) in [5, 5.41) is 1.36. The van der Waals surface area contributed by atoms with E-state index < -0.39 is 0 Å². The second-order valence-electron chi connectivity index (χ2n) is 3.63. The molecule has 0 aromatic heterocycles. The quantitative estimate of drug-likeness (QED) is 0.464. The smallest absolute Gasteiger partial charge is 0.171 e. The zero-order valence-electron chi connectivity index (χ0n) is 8.64.